The summed E-state index contributed by atoms with van der Waals surface area (Å²) >= 11 is 1.59. The fourth-order valence-corrected chi connectivity index (χ4v) is 2.11. The third kappa shape index (κ3) is 1.51. The molecule has 15 heavy (non-hydrogen) atoms. The van der Waals surface area contributed by atoms with Gasteiger partial charge in [0.05, 0.1) is 16.9 Å². The molecule has 2 heterocycles. The van der Waals surface area contributed by atoms with Crippen molar-refractivity contribution in [2.24, 2.45) is 0 Å². The Bertz CT molecular complexity index is 587. The molecule has 0 fully saturated rings. The molecule has 0 aliphatic rings. The molecule has 0 saturated heterocycles. The quantitative estimate of drug-likeness (QED) is 0.618. The van der Waals surface area contributed by atoms with Crippen LogP contribution < -0.4 is 0 Å². The number of nitrogens with zero attached hydrogens (tertiary/aromatic N) is 2. The summed E-state index contributed by atoms with van der Waals surface area (Å²) < 4.78 is 0. The van der Waals surface area contributed by atoms with Gasteiger partial charge < -0.3 is 0 Å². The van der Waals surface area contributed by atoms with Gasteiger partial charge in [-0.05, 0) is 11.5 Å². The maximum atomic E-state index is 4.39. The molecule has 0 aliphatic carbocycles. The molecule has 0 aliphatic heterocycles. The van der Waals surface area contributed by atoms with Crippen LogP contribution in [0.3, 0.4) is 0 Å². The average Bonchev–Trinajstić information content (AvgIpc) is 2.82. The Hall–Kier alpha value is -1.74. The third-order valence-corrected chi connectivity index (χ3v) is 2.91. The number of hydrogen-bond acceptors (Lipinski definition) is 3. The molecule has 72 valence electrons. The molecule has 2 nitrogen and oxygen atoms in total. The number of hydrogen-bond donors (Lipinski definition) is 0. The van der Waals surface area contributed by atoms with E-state index in [4.69, 9.17) is 0 Å². The minimum absolute atomic E-state index is 0.940. The minimum Gasteiger partial charge on any atom is -0.254 e. The standard InChI is InChI=1S/C12H8N2S/c1-2-4-10-6-13-11(5-9(10)3-1)12-7-15-8-14-12/h1-8H. The lowest BCUT2D eigenvalue weighted by Gasteiger charge is -1.99. The van der Waals surface area contributed by atoms with Crippen LogP contribution in [0.15, 0.2) is 47.4 Å². The van der Waals surface area contributed by atoms with Crippen molar-refractivity contribution >= 4 is 22.1 Å². The second-order valence-electron chi connectivity index (χ2n) is 3.29. The van der Waals surface area contributed by atoms with Gasteiger partial charge in [-0.15, -0.1) is 11.3 Å². The van der Waals surface area contributed by atoms with Crippen LogP contribution >= 0.6 is 11.3 Å². The van der Waals surface area contributed by atoms with Gasteiger partial charge in [-0.3, -0.25) is 4.98 Å². The predicted octanol–water partition coefficient (Wildman–Crippen LogP) is 3.36. The smallest absolute Gasteiger partial charge is 0.0995 e. The highest BCUT2D eigenvalue weighted by atomic mass is 32.1. The summed E-state index contributed by atoms with van der Waals surface area (Å²) in [6.45, 7) is 0. The van der Waals surface area contributed by atoms with E-state index in [1.54, 1.807) is 11.3 Å². The van der Waals surface area contributed by atoms with Crippen LogP contribution in [0.4, 0.5) is 0 Å². The Morgan fingerprint density at radius 1 is 0.933 bits per heavy atom. The van der Waals surface area contributed by atoms with Gasteiger partial charge in [0.25, 0.3) is 0 Å². The van der Waals surface area contributed by atoms with Gasteiger partial charge in [0.15, 0.2) is 0 Å². The van der Waals surface area contributed by atoms with Crippen LogP contribution in [0, 0.1) is 0 Å². The van der Waals surface area contributed by atoms with E-state index in [1.807, 2.05) is 29.2 Å². The van der Waals surface area contributed by atoms with E-state index < -0.39 is 0 Å². The van der Waals surface area contributed by atoms with Crippen LogP contribution in [-0.2, 0) is 0 Å². The first-order valence-corrected chi connectivity index (χ1v) is 5.61. The van der Waals surface area contributed by atoms with Crippen LogP contribution in [0.5, 0.6) is 0 Å². The summed E-state index contributed by atoms with van der Waals surface area (Å²) in [6, 6.07) is 10.3. The summed E-state index contributed by atoms with van der Waals surface area (Å²) in [4.78, 5) is 8.64. The summed E-state index contributed by atoms with van der Waals surface area (Å²) in [5.74, 6) is 0. The number of rotatable bonds is 1. The molecular weight excluding hydrogens is 204 g/mol. The Kier molecular flexibility index (Phi) is 1.96. The van der Waals surface area contributed by atoms with Crippen molar-refractivity contribution in [3.05, 3.63) is 47.4 Å². The molecule has 0 atom stereocenters. The number of aromatic nitrogens is 2. The molecule has 0 radical (unpaired) electrons. The Morgan fingerprint density at radius 2 is 1.80 bits per heavy atom. The molecule has 2 aromatic heterocycles. The summed E-state index contributed by atoms with van der Waals surface area (Å²) in [5, 5.41) is 4.38. The summed E-state index contributed by atoms with van der Waals surface area (Å²) in [6.07, 6.45) is 1.89. The van der Waals surface area contributed by atoms with E-state index in [0.29, 0.717) is 0 Å². The van der Waals surface area contributed by atoms with Crippen LogP contribution in [0.25, 0.3) is 22.2 Å². The summed E-state index contributed by atoms with van der Waals surface area (Å²) in [5.41, 5.74) is 3.72. The van der Waals surface area contributed by atoms with Gasteiger partial charge in [0, 0.05) is 17.0 Å². The van der Waals surface area contributed by atoms with E-state index in [2.05, 4.69) is 28.2 Å². The zero-order valence-electron chi connectivity index (χ0n) is 7.92. The van der Waals surface area contributed by atoms with Crippen molar-refractivity contribution < 1.29 is 0 Å². The molecule has 0 unspecified atom stereocenters. The second-order valence-corrected chi connectivity index (χ2v) is 4.01. The molecule has 0 saturated carbocycles. The van der Waals surface area contributed by atoms with Gasteiger partial charge in [0.1, 0.15) is 0 Å². The number of thiazole rings is 1. The number of fused-ring (bicyclic) bond motifs is 1. The van der Waals surface area contributed by atoms with Gasteiger partial charge >= 0.3 is 0 Å². The van der Waals surface area contributed by atoms with E-state index in [0.717, 1.165) is 16.8 Å². The maximum absolute atomic E-state index is 4.39. The van der Waals surface area contributed by atoms with Crippen molar-refractivity contribution in [2.75, 3.05) is 0 Å². The molecule has 3 rings (SSSR count). The fraction of sp³-hybridized carbons (Fsp3) is 0. The Labute approximate surface area is 91.2 Å². The van der Waals surface area contributed by atoms with Gasteiger partial charge in [-0.1, -0.05) is 24.3 Å². The molecule has 1 aromatic carbocycles. The van der Waals surface area contributed by atoms with Crippen LogP contribution in [0.1, 0.15) is 0 Å². The van der Waals surface area contributed by atoms with Crippen molar-refractivity contribution in [1.29, 1.82) is 0 Å². The van der Waals surface area contributed by atoms with Crippen molar-refractivity contribution in [3.63, 3.8) is 0 Å². The Morgan fingerprint density at radius 3 is 2.60 bits per heavy atom. The summed E-state index contributed by atoms with van der Waals surface area (Å²) in [7, 11) is 0. The predicted molar refractivity (Wildman–Crippen MR) is 62.9 cm³/mol. The number of pyridine rings is 1. The first-order valence-electron chi connectivity index (χ1n) is 4.67. The molecule has 0 bridgehead atoms. The van der Waals surface area contributed by atoms with Crippen LogP contribution in [0.2, 0.25) is 0 Å². The van der Waals surface area contributed by atoms with Gasteiger partial charge in [0.2, 0.25) is 0 Å². The largest absolute Gasteiger partial charge is 0.254 e. The zero-order chi connectivity index (χ0) is 10.1. The Balaban J connectivity index is 2.22. The average molecular weight is 212 g/mol. The zero-order valence-corrected chi connectivity index (χ0v) is 8.74. The lowest BCUT2D eigenvalue weighted by Crippen LogP contribution is -1.83. The molecule has 0 spiro atoms. The highest BCUT2D eigenvalue weighted by Gasteiger charge is 2.01. The van der Waals surface area contributed by atoms with Crippen LogP contribution in [-0.4, -0.2) is 9.97 Å². The number of benzene rings is 1. The molecule has 3 heteroatoms. The van der Waals surface area contributed by atoms with Gasteiger partial charge in [-0.25, -0.2) is 4.98 Å². The highest BCUT2D eigenvalue weighted by Crippen LogP contribution is 2.21. The lowest BCUT2D eigenvalue weighted by atomic mass is 10.1. The van der Waals surface area contributed by atoms with E-state index in [-0.39, 0.29) is 0 Å². The van der Waals surface area contributed by atoms with E-state index in [9.17, 15) is 0 Å². The second kappa shape index (κ2) is 3.44. The van der Waals surface area contributed by atoms with Crippen molar-refractivity contribution in [3.8, 4) is 11.4 Å². The molecule has 0 amide bonds. The normalized spacial score (nSPS) is 10.7. The topological polar surface area (TPSA) is 25.8 Å². The monoisotopic (exact) mass is 212 g/mol. The highest BCUT2D eigenvalue weighted by molar-refractivity contribution is 7.07. The molecule has 3 aromatic rings. The van der Waals surface area contributed by atoms with Crippen molar-refractivity contribution in [1.82, 2.24) is 9.97 Å². The molecule has 0 N–H and O–H groups in total. The first kappa shape index (κ1) is 8.56. The van der Waals surface area contributed by atoms with E-state index >= 15 is 0 Å². The first-order chi connectivity index (χ1) is 7.43. The maximum Gasteiger partial charge on any atom is 0.0995 e. The lowest BCUT2D eigenvalue weighted by molar-refractivity contribution is 1.30. The fourth-order valence-electron chi connectivity index (χ4n) is 1.56. The van der Waals surface area contributed by atoms with Gasteiger partial charge in [-0.2, -0.15) is 0 Å². The van der Waals surface area contributed by atoms with Crippen molar-refractivity contribution in [2.45, 2.75) is 0 Å². The molecular formula is C12H8N2S. The third-order valence-electron chi connectivity index (χ3n) is 2.33. The SMILES string of the molecule is c1ccc2cc(-c3cscn3)ncc2c1. The minimum atomic E-state index is 0.940. The van der Waals surface area contributed by atoms with E-state index in [1.165, 1.54) is 5.39 Å².